The van der Waals surface area contributed by atoms with Crippen LogP contribution in [0, 0.1) is 7.43 Å². The molecule has 0 heterocycles. The van der Waals surface area contributed by atoms with Crippen molar-refractivity contribution in [3.05, 3.63) is 73.7 Å². The largest absolute Gasteiger partial charge is 2.00 e. The molecule has 0 aliphatic rings. The van der Waals surface area contributed by atoms with Gasteiger partial charge in [0.05, 0.1) is 0 Å². The smallest absolute Gasteiger partial charge is 0.358 e. The molecule has 3 aromatic carbocycles. The van der Waals surface area contributed by atoms with Crippen LogP contribution in [-0.4, -0.2) is 0 Å². The molecule has 0 amide bonds. The number of benzene rings is 2. The van der Waals surface area contributed by atoms with Gasteiger partial charge in [0.2, 0.25) is 0 Å². The Labute approximate surface area is 135 Å². The molecule has 94 valence electrons. The summed E-state index contributed by atoms with van der Waals surface area (Å²) in [6.07, 6.45) is 1.10. The number of hydrogen-bond donors (Lipinski definition) is 0. The van der Waals surface area contributed by atoms with Crippen molar-refractivity contribution in [3.8, 4) is 11.1 Å². The summed E-state index contributed by atoms with van der Waals surface area (Å²) in [4.78, 5) is 0. The molecule has 19 heavy (non-hydrogen) atoms. The molecule has 0 spiro atoms. The van der Waals surface area contributed by atoms with E-state index < -0.39 is 0 Å². The fourth-order valence-corrected chi connectivity index (χ4v) is 2.37. The fourth-order valence-electron chi connectivity index (χ4n) is 2.37. The van der Waals surface area contributed by atoms with E-state index in [0.29, 0.717) is 0 Å². The molecule has 0 fully saturated rings. The van der Waals surface area contributed by atoms with E-state index in [1.807, 2.05) is 0 Å². The van der Waals surface area contributed by atoms with E-state index in [2.05, 4.69) is 67.6 Å². The molecule has 0 saturated heterocycles. The zero-order valence-electron chi connectivity index (χ0n) is 11.5. The minimum absolute atomic E-state index is 0. The van der Waals surface area contributed by atoms with Crippen molar-refractivity contribution in [2.75, 3.05) is 0 Å². The van der Waals surface area contributed by atoms with Gasteiger partial charge in [0, 0.05) is 0 Å². The van der Waals surface area contributed by atoms with E-state index in [-0.39, 0.29) is 33.6 Å². The monoisotopic (exact) mass is 324 g/mol. The Balaban J connectivity index is 0.000000902. The second-order valence-electron chi connectivity index (χ2n) is 4.39. The maximum Gasteiger partial charge on any atom is 2.00 e. The van der Waals surface area contributed by atoms with Crippen molar-refractivity contribution in [1.29, 1.82) is 0 Å². The standard InChI is InChI=1S/C17H15.CH3.Zr/c1-2-13-11-15-9-6-10-16(17(15)12-13)14-7-4-3-5-8-14;;/h3-12H,2H2,1H3;1H3;/q2*-1;+2. The predicted molar refractivity (Wildman–Crippen MR) is 80.8 cm³/mol. The first-order valence-corrected chi connectivity index (χ1v) is 6.12. The molecular weight excluding hydrogens is 307 g/mol. The topological polar surface area (TPSA) is 0 Å². The van der Waals surface area contributed by atoms with Crippen LogP contribution in [-0.2, 0) is 32.6 Å². The second-order valence-corrected chi connectivity index (χ2v) is 4.39. The van der Waals surface area contributed by atoms with Gasteiger partial charge >= 0.3 is 26.2 Å². The van der Waals surface area contributed by atoms with Crippen LogP contribution in [0.1, 0.15) is 12.5 Å². The van der Waals surface area contributed by atoms with E-state index in [4.69, 9.17) is 0 Å². The van der Waals surface area contributed by atoms with Crippen LogP contribution >= 0.6 is 0 Å². The molecule has 0 aliphatic carbocycles. The molecule has 0 aromatic heterocycles. The molecule has 3 aromatic rings. The van der Waals surface area contributed by atoms with Gasteiger partial charge in [0.25, 0.3) is 0 Å². The zero-order chi connectivity index (χ0) is 11.7. The second kappa shape index (κ2) is 6.91. The van der Waals surface area contributed by atoms with Crippen LogP contribution in [0.4, 0.5) is 0 Å². The Morgan fingerprint density at radius 1 is 0.947 bits per heavy atom. The molecule has 0 radical (unpaired) electrons. The minimum Gasteiger partial charge on any atom is -0.358 e. The van der Waals surface area contributed by atoms with Crippen LogP contribution in [0.25, 0.3) is 21.9 Å². The summed E-state index contributed by atoms with van der Waals surface area (Å²) < 4.78 is 0. The van der Waals surface area contributed by atoms with E-state index in [9.17, 15) is 0 Å². The normalized spacial score (nSPS) is 9.74. The third-order valence-corrected chi connectivity index (χ3v) is 3.30. The number of aryl methyl sites for hydroxylation is 1. The first kappa shape index (κ1) is 16.0. The minimum atomic E-state index is 0. The quantitative estimate of drug-likeness (QED) is 0.566. The third kappa shape index (κ3) is 3.09. The van der Waals surface area contributed by atoms with Crippen LogP contribution in [0.15, 0.2) is 60.7 Å². The predicted octanol–water partition coefficient (Wildman–Crippen LogP) is 5.24. The molecular formula is C18H18Zr. The average Bonchev–Trinajstić information content (AvgIpc) is 2.82. The zero-order valence-corrected chi connectivity index (χ0v) is 13.9. The summed E-state index contributed by atoms with van der Waals surface area (Å²) in [6.45, 7) is 2.20. The Bertz CT molecular complexity index is 635. The molecule has 0 atom stereocenters. The summed E-state index contributed by atoms with van der Waals surface area (Å²) in [7, 11) is 0. The molecule has 3 rings (SSSR count). The summed E-state index contributed by atoms with van der Waals surface area (Å²) >= 11 is 0. The number of rotatable bonds is 2. The molecule has 1 heteroatoms. The maximum absolute atomic E-state index is 2.32. The molecule has 0 aliphatic heterocycles. The van der Waals surface area contributed by atoms with Gasteiger partial charge in [-0.2, -0.15) is 6.07 Å². The SMILES string of the molecule is CCc1cc2c(-c3ccccc3)cccc2[cH-]1.[CH3-].[Zr+2]. The van der Waals surface area contributed by atoms with Gasteiger partial charge < -0.3 is 7.43 Å². The van der Waals surface area contributed by atoms with Crippen molar-refractivity contribution in [2.45, 2.75) is 13.3 Å². The van der Waals surface area contributed by atoms with Crippen molar-refractivity contribution < 1.29 is 26.2 Å². The third-order valence-electron chi connectivity index (χ3n) is 3.30. The molecule has 0 nitrogen and oxygen atoms in total. The van der Waals surface area contributed by atoms with Crippen LogP contribution in [0.3, 0.4) is 0 Å². The van der Waals surface area contributed by atoms with Gasteiger partial charge in [-0.15, -0.1) is 34.5 Å². The van der Waals surface area contributed by atoms with Gasteiger partial charge in [0.1, 0.15) is 0 Å². The summed E-state index contributed by atoms with van der Waals surface area (Å²) in [5, 5.41) is 2.72. The van der Waals surface area contributed by atoms with Gasteiger partial charge in [-0.05, 0) is 12.0 Å². The molecule has 0 saturated carbocycles. The van der Waals surface area contributed by atoms with Crippen molar-refractivity contribution >= 4 is 10.8 Å². The summed E-state index contributed by atoms with van der Waals surface area (Å²) in [5.74, 6) is 0. The summed E-state index contributed by atoms with van der Waals surface area (Å²) in [6, 6.07) is 21.8. The maximum atomic E-state index is 2.32. The van der Waals surface area contributed by atoms with Gasteiger partial charge in [-0.1, -0.05) is 48.9 Å². The van der Waals surface area contributed by atoms with Crippen LogP contribution < -0.4 is 0 Å². The van der Waals surface area contributed by atoms with E-state index in [1.54, 1.807) is 0 Å². The molecule has 0 bridgehead atoms. The van der Waals surface area contributed by atoms with E-state index in [1.165, 1.54) is 27.5 Å². The number of hydrogen-bond acceptors (Lipinski definition) is 0. The van der Waals surface area contributed by atoms with Crippen molar-refractivity contribution in [1.82, 2.24) is 0 Å². The van der Waals surface area contributed by atoms with Gasteiger partial charge in [-0.25, -0.2) is 0 Å². The Hall–Kier alpha value is -1.07. The molecule has 0 N–H and O–H groups in total. The Kier molecular flexibility index (Phi) is 5.82. The van der Waals surface area contributed by atoms with Crippen molar-refractivity contribution in [2.24, 2.45) is 0 Å². The van der Waals surface area contributed by atoms with E-state index >= 15 is 0 Å². The first-order valence-electron chi connectivity index (χ1n) is 6.12. The van der Waals surface area contributed by atoms with Crippen LogP contribution in [0.2, 0.25) is 0 Å². The molecule has 0 unspecified atom stereocenters. The summed E-state index contributed by atoms with van der Waals surface area (Å²) in [5.41, 5.74) is 4.05. The Morgan fingerprint density at radius 3 is 2.37 bits per heavy atom. The van der Waals surface area contributed by atoms with Crippen molar-refractivity contribution in [3.63, 3.8) is 0 Å². The van der Waals surface area contributed by atoms with Gasteiger partial charge in [0.15, 0.2) is 0 Å². The average molecular weight is 326 g/mol. The Morgan fingerprint density at radius 2 is 1.68 bits per heavy atom. The first-order chi connectivity index (χ1) is 8.38. The number of fused-ring (bicyclic) bond motifs is 1. The fraction of sp³-hybridized carbons (Fsp3) is 0.111. The van der Waals surface area contributed by atoms with E-state index in [0.717, 1.165) is 6.42 Å². The van der Waals surface area contributed by atoms with Crippen LogP contribution in [0.5, 0.6) is 0 Å². The van der Waals surface area contributed by atoms with Gasteiger partial charge in [-0.3, -0.25) is 0 Å².